The quantitative estimate of drug-likeness (QED) is 0.810. The zero-order valence-electron chi connectivity index (χ0n) is 10.5. The van der Waals surface area contributed by atoms with Crippen LogP contribution >= 0.6 is 11.6 Å². The summed E-state index contributed by atoms with van der Waals surface area (Å²) in [4.78, 5) is 1.99. The van der Waals surface area contributed by atoms with E-state index in [1.165, 1.54) is 6.07 Å². The third-order valence-corrected chi connectivity index (χ3v) is 3.20. The molecule has 2 aromatic carbocycles. The molecule has 0 saturated carbocycles. The van der Waals surface area contributed by atoms with E-state index in [0.717, 1.165) is 17.2 Å². The highest BCUT2D eigenvalue weighted by Crippen LogP contribution is 2.18. The summed E-state index contributed by atoms with van der Waals surface area (Å²) in [6.45, 7) is 1.18. The zero-order chi connectivity index (χ0) is 13.8. The Bertz CT molecular complexity index is 572. The Morgan fingerprint density at radius 1 is 1.00 bits per heavy atom. The first-order chi connectivity index (χ1) is 9.06. The Morgan fingerprint density at radius 2 is 1.74 bits per heavy atom. The summed E-state index contributed by atoms with van der Waals surface area (Å²) in [6.07, 6.45) is 0. The molecule has 100 valence electrons. The predicted octanol–water partition coefficient (Wildman–Crippen LogP) is 4.25. The van der Waals surface area contributed by atoms with E-state index in [-0.39, 0.29) is 0 Å². The molecule has 0 radical (unpaired) electrons. The minimum absolute atomic E-state index is 0.530. The van der Waals surface area contributed by atoms with Gasteiger partial charge in [0.05, 0.1) is 0 Å². The Labute approximate surface area is 116 Å². The SMILES string of the molecule is CN(Cc1ccc(F)c(F)c1)Cc1ccccc1Cl. The number of hydrogen-bond acceptors (Lipinski definition) is 1. The van der Waals surface area contributed by atoms with Gasteiger partial charge in [-0.05, 0) is 36.4 Å². The average Bonchev–Trinajstić information content (AvgIpc) is 2.37. The Balaban J connectivity index is 2.03. The lowest BCUT2D eigenvalue weighted by molar-refractivity contribution is 0.318. The first-order valence-corrected chi connectivity index (χ1v) is 6.30. The molecule has 19 heavy (non-hydrogen) atoms. The van der Waals surface area contributed by atoms with Gasteiger partial charge in [0.2, 0.25) is 0 Å². The first kappa shape index (κ1) is 14.0. The third kappa shape index (κ3) is 3.75. The number of halogens is 3. The van der Waals surface area contributed by atoms with E-state index >= 15 is 0 Å². The fraction of sp³-hybridized carbons (Fsp3) is 0.200. The summed E-state index contributed by atoms with van der Waals surface area (Å²) in [6, 6.07) is 11.5. The summed E-state index contributed by atoms with van der Waals surface area (Å²) in [7, 11) is 1.91. The Kier molecular flexibility index (Phi) is 4.51. The lowest BCUT2D eigenvalue weighted by atomic mass is 10.1. The summed E-state index contributed by atoms with van der Waals surface area (Å²) in [5.74, 6) is -1.64. The molecular formula is C15H14ClF2N. The lowest BCUT2D eigenvalue weighted by Crippen LogP contribution is -2.17. The molecule has 2 aromatic rings. The van der Waals surface area contributed by atoms with Crippen LogP contribution in [-0.2, 0) is 13.1 Å². The number of hydrogen-bond donors (Lipinski definition) is 0. The lowest BCUT2D eigenvalue weighted by Gasteiger charge is -2.17. The van der Waals surface area contributed by atoms with Crippen molar-refractivity contribution in [2.24, 2.45) is 0 Å². The van der Waals surface area contributed by atoms with Gasteiger partial charge in [0.25, 0.3) is 0 Å². The third-order valence-electron chi connectivity index (χ3n) is 2.83. The fourth-order valence-corrected chi connectivity index (χ4v) is 2.12. The Hall–Kier alpha value is -1.45. The molecule has 4 heteroatoms. The van der Waals surface area contributed by atoms with Crippen molar-refractivity contribution >= 4 is 11.6 Å². The van der Waals surface area contributed by atoms with E-state index in [0.29, 0.717) is 18.1 Å². The van der Waals surface area contributed by atoms with Crippen LogP contribution in [0.25, 0.3) is 0 Å². The van der Waals surface area contributed by atoms with Crippen molar-refractivity contribution in [2.45, 2.75) is 13.1 Å². The molecule has 0 saturated heterocycles. The number of rotatable bonds is 4. The van der Waals surface area contributed by atoms with E-state index in [9.17, 15) is 8.78 Å². The first-order valence-electron chi connectivity index (χ1n) is 5.92. The highest BCUT2D eigenvalue weighted by molar-refractivity contribution is 6.31. The average molecular weight is 282 g/mol. The van der Waals surface area contributed by atoms with Gasteiger partial charge in [0.1, 0.15) is 0 Å². The molecule has 0 N–H and O–H groups in total. The molecule has 0 aliphatic rings. The van der Waals surface area contributed by atoms with Crippen molar-refractivity contribution in [3.63, 3.8) is 0 Å². The van der Waals surface area contributed by atoms with Crippen LogP contribution < -0.4 is 0 Å². The molecule has 0 aromatic heterocycles. The van der Waals surface area contributed by atoms with E-state index < -0.39 is 11.6 Å². The van der Waals surface area contributed by atoms with Gasteiger partial charge in [-0.1, -0.05) is 35.9 Å². The molecule has 2 rings (SSSR count). The van der Waals surface area contributed by atoms with Gasteiger partial charge in [-0.25, -0.2) is 8.78 Å². The van der Waals surface area contributed by atoms with Crippen LogP contribution in [0.4, 0.5) is 8.78 Å². The van der Waals surface area contributed by atoms with Crippen LogP contribution in [0.5, 0.6) is 0 Å². The standard InChI is InChI=1S/C15H14ClF2N/c1-19(10-12-4-2-3-5-13(12)16)9-11-6-7-14(17)15(18)8-11/h2-8H,9-10H2,1H3. The molecule has 0 heterocycles. The van der Waals surface area contributed by atoms with Crippen LogP contribution in [-0.4, -0.2) is 11.9 Å². The topological polar surface area (TPSA) is 3.24 Å². The maximum atomic E-state index is 13.1. The largest absolute Gasteiger partial charge is 0.298 e. The predicted molar refractivity (Wildman–Crippen MR) is 73.0 cm³/mol. The normalized spacial score (nSPS) is 11.0. The van der Waals surface area contributed by atoms with E-state index in [1.807, 2.05) is 36.2 Å². The highest BCUT2D eigenvalue weighted by Gasteiger charge is 2.07. The highest BCUT2D eigenvalue weighted by atomic mass is 35.5. The fourth-order valence-electron chi connectivity index (χ4n) is 1.92. The van der Waals surface area contributed by atoms with Crippen molar-refractivity contribution in [2.75, 3.05) is 7.05 Å². The van der Waals surface area contributed by atoms with Gasteiger partial charge in [-0.2, -0.15) is 0 Å². The van der Waals surface area contributed by atoms with Gasteiger partial charge in [-0.15, -0.1) is 0 Å². The van der Waals surface area contributed by atoms with Crippen LogP contribution in [0.3, 0.4) is 0 Å². The second kappa shape index (κ2) is 6.13. The summed E-state index contributed by atoms with van der Waals surface area (Å²) in [5.41, 5.74) is 1.74. The van der Waals surface area contributed by atoms with Gasteiger partial charge in [0, 0.05) is 18.1 Å². The van der Waals surface area contributed by atoms with Crippen molar-refractivity contribution in [3.8, 4) is 0 Å². The number of benzene rings is 2. The van der Waals surface area contributed by atoms with E-state index in [2.05, 4.69) is 0 Å². The van der Waals surface area contributed by atoms with E-state index in [1.54, 1.807) is 6.07 Å². The molecule has 0 aliphatic heterocycles. The Morgan fingerprint density at radius 3 is 2.42 bits per heavy atom. The van der Waals surface area contributed by atoms with Crippen molar-refractivity contribution in [3.05, 3.63) is 70.2 Å². The van der Waals surface area contributed by atoms with Gasteiger partial charge < -0.3 is 0 Å². The van der Waals surface area contributed by atoms with Gasteiger partial charge in [0.15, 0.2) is 11.6 Å². The maximum Gasteiger partial charge on any atom is 0.159 e. The van der Waals surface area contributed by atoms with E-state index in [4.69, 9.17) is 11.6 Å². The maximum absolute atomic E-state index is 13.1. The molecule has 0 fully saturated rings. The molecule has 0 bridgehead atoms. The summed E-state index contributed by atoms with van der Waals surface area (Å²) < 4.78 is 25.9. The van der Waals surface area contributed by atoms with Crippen LogP contribution in [0.1, 0.15) is 11.1 Å². The van der Waals surface area contributed by atoms with Crippen molar-refractivity contribution in [1.29, 1.82) is 0 Å². The monoisotopic (exact) mass is 281 g/mol. The number of nitrogens with zero attached hydrogens (tertiary/aromatic N) is 1. The smallest absolute Gasteiger partial charge is 0.159 e. The van der Waals surface area contributed by atoms with Crippen LogP contribution in [0, 0.1) is 11.6 Å². The van der Waals surface area contributed by atoms with Crippen LogP contribution in [0.2, 0.25) is 5.02 Å². The molecular weight excluding hydrogens is 268 g/mol. The van der Waals surface area contributed by atoms with Gasteiger partial charge >= 0.3 is 0 Å². The molecule has 0 spiro atoms. The minimum atomic E-state index is -0.822. The summed E-state index contributed by atoms with van der Waals surface area (Å²) >= 11 is 6.08. The molecule has 0 amide bonds. The minimum Gasteiger partial charge on any atom is -0.298 e. The molecule has 0 atom stereocenters. The van der Waals surface area contributed by atoms with Crippen molar-refractivity contribution in [1.82, 2.24) is 4.90 Å². The van der Waals surface area contributed by atoms with Crippen LogP contribution in [0.15, 0.2) is 42.5 Å². The zero-order valence-corrected chi connectivity index (χ0v) is 11.3. The van der Waals surface area contributed by atoms with Gasteiger partial charge in [-0.3, -0.25) is 4.90 Å². The van der Waals surface area contributed by atoms with Crippen molar-refractivity contribution < 1.29 is 8.78 Å². The molecule has 0 aliphatic carbocycles. The second-order valence-electron chi connectivity index (χ2n) is 4.51. The second-order valence-corrected chi connectivity index (χ2v) is 4.92. The summed E-state index contributed by atoms with van der Waals surface area (Å²) in [5, 5.41) is 0.708. The molecule has 0 unspecified atom stereocenters. The molecule has 1 nitrogen and oxygen atoms in total.